The molecule has 15 heavy (non-hydrogen) atoms. The largest absolute Gasteiger partial charge is 0.481 e. The van der Waals surface area contributed by atoms with Crippen LogP contribution in [0.15, 0.2) is 0 Å². The van der Waals surface area contributed by atoms with E-state index in [1.165, 1.54) is 0 Å². The molecule has 0 spiro atoms. The molecule has 88 valence electrons. The number of hydrogen-bond donors (Lipinski definition) is 2. The first-order chi connectivity index (χ1) is 7.13. The van der Waals surface area contributed by atoms with Gasteiger partial charge in [-0.15, -0.1) is 0 Å². The van der Waals surface area contributed by atoms with Crippen molar-refractivity contribution in [2.75, 3.05) is 0 Å². The number of aliphatic carboxylic acids is 2. The highest BCUT2D eigenvalue weighted by atomic mass is 16.4. The smallest absolute Gasteiger partial charge is 0.318 e. The highest BCUT2D eigenvalue weighted by Crippen LogP contribution is 2.30. The molecule has 0 saturated heterocycles. The van der Waals surface area contributed by atoms with E-state index in [1.54, 1.807) is 0 Å². The second-order valence-electron chi connectivity index (χ2n) is 3.55. The third-order valence-corrected chi connectivity index (χ3v) is 2.65. The molecule has 0 atom stereocenters. The van der Waals surface area contributed by atoms with E-state index in [0.29, 0.717) is 0 Å². The van der Waals surface area contributed by atoms with E-state index in [4.69, 9.17) is 10.2 Å². The van der Waals surface area contributed by atoms with E-state index in [-0.39, 0.29) is 5.92 Å². The molecular weight excluding hydrogens is 196 g/mol. The Morgan fingerprint density at radius 3 is 1.73 bits per heavy atom. The number of carboxylic acids is 2. The first-order valence-electron chi connectivity index (χ1n) is 5.58. The summed E-state index contributed by atoms with van der Waals surface area (Å²) in [6, 6.07) is 0. The summed E-state index contributed by atoms with van der Waals surface area (Å²) in [7, 11) is 0. The van der Waals surface area contributed by atoms with Crippen LogP contribution in [0.2, 0.25) is 0 Å². The number of hydrogen-bond acceptors (Lipinski definition) is 2. The van der Waals surface area contributed by atoms with Crippen LogP contribution in [-0.4, -0.2) is 22.2 Å². The summed E-state index contributed by atoms with van der Waals surface area (Å²) >= 11 is 0. The lowest BCUT2D eigenvalue weighted by atomic mass is 9.80. The number of carboxylic acid groups (broad SMARTS) is 2. The Kier molecular flexibility index (Phi) is 6.75. The zero-order valence-corrected chi connectivity index (χ0v) is 9.40. The Bertz CT molecular complexity index is 193. The molecule has 1 aliphatic carbocycles. The molecule has 0 aliphatic heterocycles. The fourth-order valence-corrected chi connectivity index (χ4v) is 1.98. The van der Waals surface area contributed by atoms with Crippen LogP contribution in [0, 0.1) is 11.8 Å². The van der Waals surface area contributed by atoms with Crippen LogP contribution >= 0.6 is 0 Å². The molecule has 0 unspecified atom stereocenters. The average Bonchev–Trinajstić information content (AvgIpc) is 2.21. The summed E-state index contributed by atoms with van der Waals surface area (Å²) in [5.74, 6) is -3.75. The molecule has 0 heterocycles. The molecule has 0 amide bonds. The van der Waals surface area contributed by atoms with Crippen molar-refractivity contribution in [3.8, 4) is 0 Å². The maximum absolute atomic E-state index is 10.7. The summed E-state index contributed by atoms with van der Waals surface area (Å²) < 4.78 is 0. The molecule has 2 N–H and O–H groups in total. The Morgan fingerprint density at radius 2 is 1.40 bits per heavy atom. The van der Waals surface area contributed by atoms with Crippen molar-refractivity contribution < 1.29 is 19.8 Å². The lowest BCUT2D eigenvalue weighted by Gasteiger charge is -2.24. The monoisotopic (exact) mass is 216 g/mol. The fraction of sp³-hybridized carbons (Fsp3) is 0.818. The van der Waals surface area contributed by atoms with Gasteiger partial charge in [0.15, 0.2) is 5.92 Å². The minimum Gasteiger partial charge on any atom is -0.481 e. The van der Waals surface area contributed by atoms with Gasteiger partial charge in [0.25, 0.3) is 0 Å². The molecule has 4 nitrogen and oxygen atoms in total. The van der Waals surface area contributed by atoms with Gasteiger partial charge in [0.05, 0.1) is 0 Å². The van der Waals surface area contributed by atoms with Crippen LogP contribution in [0.4, 0.5) is 0 Å². The highest BCUT2D eigenvalue weighted by Gasteiger charge is 2.35. The Hall–Kier alpha value is -1.06. The summed E-state index contributed by atoms with van der Waals surface area (Å²) in [6.07, 6.45) is 4.50. The van der Waals surface area contributed by atoms with Crippen molar-refractivity contribution in [2.24, 2.45) is 11.8 Å². The number of rotatable bonds is 3. The quantitative estimate of drug-likeness (QED) is 0.710. The molecule has 1 fully saturated rings. The first kappa shape index (κ1) is 13.9. The zero-order chi connectivity index (χ0) is 11.8. The molecule has 1 saturated carbocycles. The first-order valence-corrected chi connectivity index (χ1v) is 5.58. The molecule has 0 aromatic heterocycles. The molecule has 0 bridgehead atoms. The molecule has 0 aromatic carbocycles. The van der Waals surface area contributed by atoms with Gasteiger partial charge in [0.2, 0.25) is 0 Å². The predicted octanol–water partition coefficient (Wildman–Crippen LogP) is 2.38. The maximum atomic E-state index is 10.7. The molecule has 1 rings (SSSR count). The Labute approximate surface area is 90.3 Å². The van der Waals surface area contributed by atoms with Crippen molar-refractivity contribution in [1.29, 1.82) is 0 Å². The normalized spacial score (nSPS) is 16.7. The van der Waals surface area contributed by atoms with Gasteiger partial charge in [-0.3, -0.25) is 9.59 Å². The second-order valence-corrected chi connectivity index (χ2v) is 3.55. The van der Waals surface area contributed by atoms with Crippen molar-refractivity contribution >= 4 is 11.9 Å². The molecule has 4 heteroatoms. The fourth-order valence-electron chi connectivity index (χ4n) is 1.98. The SMILES string of the molecule is CC.O=C(O)C(C(=O)O)C1CCCCC1. The zero-order valence-electron chi connectivity index (χ0n) is 9.40. The van der Waals surface area contributed by atoms with Crippen molar-refractivity contribution in [2.45, 2.75) is 46.0 Å². The van der Waals surface area contributed by atoms with Crippen LogP contribution < -0.4 is 0 Å². The van der Waals surface area contributed by atoms with E-state index >= 15 is 0 Å². The molecular formula is C11H20O4. The van der Waals surface area contributed by atoms with Crippen LogP contribution in [-0.2, 0) is 9.59 Å². The van der Waals surface area contributed by atoms with Crippen LogP contribution in [0.5, 0.6) is 0 Å². The topological polar surface area (TPSA) is 74.6 Å². The minimum atomic E-state index is -1.19. The summed E-state index contributed by atoms with van der Waals surface area (Å²) in [5.41, 5.74) is 0. The van der Waals surface area contributed by atoms with Gasteiger partial charge in [-0.25, -0.2) is 0 Å². The summed E-state index contributed by atoms with van der Waals surface area (Å²) in [6.45, 7) is 4.00. The van der Waals surface area contributed by atoms with E-state index < -0.39 is 17.9 Å². The molecule has 1 aliphatic rings. The van der Waals surface area contributed by atoms with Gasteiger partial charge in [-0.1, -0.05) is 33.1 Å². The standard InChI is InChI=1S/C9H14O4.C2H6/c10-8(11)7(9(12)13)6-4-2-1-3-5-6;1-2/h6-7H,1-5H2,(H,10,11)(H,12,13);1-2H3. The summed E-state index contributed by atoms with van der Waals surface area (Å²) in [5, 5.41) is 17.4. The van der Waals surface area contributed by atoms with Crippen molar-refractivity contribution in [1.82, 2.24) is 0 Å². The third kappa shape index (κ3) is 4.32. The van der Waals surface area contributed by atoms with Crippen LogP contribution in [0.1, 0.15) is 46.0 Å². The van der Waals surface area contributed by atoms with E-state index in [1.807, 2.05) is 13.8 Å². The van der Waals surface area contributed by atoms with E-state index in [9.17, 15) is 9.59 Å². The van der Waals surface area contributed by atoms with Gasteiger partial charge in [-0.05, 0) is 18.8 Å². The predicted molar refractivity (Wildman–Crippen MR) is 56.7 cm³/mol. The Morgan fingerprint density at radius 1 is 1.00 bits per heavy atom. The maximum Gasteiger partial charge on any atom is 0.318 e. The highest BCUT2D eigenvalue weighted by molar-refractivity contribution is 5.93. The number of carbonyl (C=O) groups is 2. The van der Waals surface area contributed by atoms with Gasteiger partial charge in [0, 0.05) is 0 Å². The van der Waals surface area contributed by atoms with Crippen LogP contribution in [0.3, 0.4) is 0 Å². The summed E-state index contributed by atoms with van der Waals surface area (Å²) in [4.78, 5) is 21.3. The minimum absolute atomic E-state index is 0.163. The van der Waals surface area contributed by atoms with Gasteiger partial charge < -0.3 is 10.2 Å². The lowest BCUT2D eigenvalue weighted by Crippen LogP contribution is -2.32. The van der Waals surface area contributed by atoms with Crippen molar-refractivity contribution in [3.63, 3.8) is 0 Å². The second kappa shape index (κ2) is 7.26. The average molecular weight is 216 g/mol. The van der Waals surface area contributed by atoms with Gasteiger partial charge >= 0.3 is 11.9 Å². The Balaban J connectivity index is 0.000000921. The molecule has 0 aromatic rings. The van der Waals surface area contributed by atoms with E-state index in [2.05, 4.69) is 0 Å². The lowest BCUT2D eigenvalue weighted by molar-refractivity contribution is -0.157. The molecule has 0 radical (unpaired) electrons. The third-order valence-electron chi connectivity index (χ3n) is 2.65. The van der Waals surface area contributed by atoms with Gasteiger partial charge in [0.1, 0.15) is 0 Å². The van der Waals surface area contributed by atoms with Gasteiger partial charge in [-0.2, -0.15) is 0 Å². The van der Waals surface area contributed by atoms with Crippen molar-refractivity contribution in [3.05, 3.63) is 0 Å². The van der Waals surface area contributed by atoms with Crippen LogP contribution in [0.25, 0.3) is 0 Å². The van der Waals surface area contributed by atoms with E-state index in [0.717, 1.165) is 32.1 Å².